The molecular weight excluding hydrogens is 324 g/mol. The van der Waals surface area contributed by atoms with Gasteiger partial charge in [-0.1, -0.05) is 12.1 Å². The lowest BCUT2D eigenvalue weighted by Crippen LogP contribution is -2.24. The molecule has 118 valence electrons. The van der Waals surface area contributed by atoms with Gasteiger partial charge < -0.3 is 4.57 Å². The summed E-state index contributed by atoms with van der Waals surface area (Å²) >= 11 is 1.53. The molecule has 0 spiro atoms. The van der Waals surface area contributed by atoms with Crippen LogP contribution >= 0.6 is 11.3 Å². The highest BCUT2D eigenvalue weighted by Gasteiger charge is 2.16. The lowest BCUT2D eigenvalue weighted by atomic mass is 10.1. The van der Waals surface area contributed by atoms with E-state index in [0.717, 1.165) is 32.2 Å². The van der Waals surface area contributed by atoms with Gasteiger partial charge in [-0.3, -0.25) is 9.89 Å². The Kier molecular flexibility index (Phi) is 2.66. The lowest BCUT2D eigenvalue weighted by Gasteiger charge is -2.06. The van der Waals surface area contributed by atoms with Crippen LogP contribution in [0.1, 0.15) is 5.56 Å². The first-order valence-electron chi connectivity index (χ1n) is 7.42. The van der Waals surface area contributed by atoms with Gasteiger partial charge in [0.15, 0.2) is 5.65 Å². The highest BCUT2D eigenvalue weighted by Crippen LogP contribution is 2.27. The number of fused-ring (bicyclic) bond motifs is 4. The summed E-state index contributed by atoms with van der Waals surface area (Å²) in [7, 11) is 1.87. The third kappa shape index (κ3) is 1.71. The number of H-pyrrole nitrogens is 1. The van der Waals surface area contributed by atoms with Crippen LogP contribution in [0.25, 0.3) is 32.2 Å². The average Bonchev–Trinajstić information content (AvgIpc) is 3.29. The number of hydrogen-bond acceptors (Lipinski definition) is 5. The maximum absolute atomic E-state index is 12.9. The Bertz CT molecular complexity index is 1270. The number of rotatable bonds is 2. The van der Waals surface area contributed by atoms with Crippen LogP contribution < -0.4 is 5.56 Å². The summed E-state index contributed by atoms with van der Waals surface area (Å²) in [5, 5.41) is 13.2. The van der Waals surface area contributed by atoms with E-state index in [1.165, 1.54) is 16.0 Å². The lowest BCUT2D eigenvalue weighted by molar-refractivity contribution is 0.647. The average molecular weight is 336 g/mol. The van der Waals surface area contributed by atoms with Gasteiger partial charge in [0.25, 0.3) is 5.56 Å². The Morgan fingerprint density at radius 2 is 2.17 bits per heavy atom. The molecule has 1 N–H and O–H groups in total. The smallest absolute Gasteiger partial charge is 0.291 e. The maximum atomic E-state index is 12.9. The Morgan fingerprint density at radius 3 is 3.08 bits per heavy atom. The zero-order valence-electron chi connectivity index (χ0n) is 12.7. The van der Waals surface area contributed by atoms with E-state index in [1.807, 2.05) is 29.8 Å². The second-order valence-electron chi connectivity index (χ2n) is 5.68. The SMILES string of the molecule is Cn1c2ncsc2c2cnn(Cc3cccc4[nH]ncc34)c(=O)c21. The minimum Gasteiger partial charge on any atom is -0.323 e. The zero-order valence-corrected chi connectivity index (χ0v) is 13.5. The van der Waals surface area contributed by atoms with E-state index in [4.69, 9.17) is 0 Å². The van der Waals surface area contributed by atoms with Crippen LogP contribution in [0.3, 0.4) is 0 Å². The van der Waals surface area contributed by atoms with Crippen molar-refractivity contribution < 1.29 is 0 Å². The molecule has 0 aliphatic heterocycles. The number of nitrogens with zero attached hydrogens (tertiary/aromatic N) is 5. The third-order valence-corrected chi connectivity index (χ3v) is 5.21. The van der Waals surface area contributed by atoms with E-state index in [2.05, 4.69) is 20.3 Å². The summed E-state index contributed by atoms with van der Waals surface area (Å²) in [6.45, 7) is 0.401. The Balaban J connectivity index is 1.73. The first kappa shape index (κ1) is 13.4. The highest BCUT2D eigenvalue weighted by molar-refractivity contribution is 7.17. The number of benzene rings is 1. The van der Waals surface area contributed by atoms with Crippen molar-refractivity contribution in [2.24, 2.45) is 7.05 Å². The minimum atomic E-state index is -0.110. The monoisotopic (exact) mass is 336 g/mol. The summed E-state index contributed by atoms with van der Waals surface area (Å²) < 4.78 is 4.34. The number of hydrogen-bond donors (Lipinski definition) is 1. The van der Waals surface area contributed by atoms with Gasteiger partial charge in [0, 0.05) is 17.8 Å². The van der Waals surface area contributed by atoms with Gasteiger partial charge in [-0.25, -0.2) is 9.67 Å². The summed E-state index contributed by atoms with van der Waals surface area (Å²) in [6, 6.07) is 5.89. The first-order chi connectivity index (χ1) is 11.7. The van der Waals surface area contributed by atoms with Gasteiger partial charge >= 0.3 is 0 Å². The van der Waals surface area contributed by atoms with E-state index in [0.29, 0.717) is 12.1 Å². The van der Waals surface area contributed by atoms with Crippen molar-refractivity contribution in [1.29, 1.82) is 0 Å². The molecule has 0 fully saturated rings. The number of aryl methyl sites for hydroxylation is 1. The molecule has 7 nitrogen and oxygen atoms in total. The number of nitrogens with one attached hydrogen (secondary N) is 1. The van der Waals surface area contributed by atoms with Gasteiger partial charge in [-0.15, -0.1) is 11.3 Å². The van der Waals surface area contributed by atoms with Crippen molar-refractivity contribution in [3.05, 3.63) is 52.0 Å². The van der Waals surface area contributed by atoms with Crippen LogP contribution in [0.5, 0.6) is 0 Å². The summed E-state index contributed by atoms with van der Waals surface area (Å²) in [6.07, 6.45) is 3.53. The molecule has 24 heavy (non-hydrogen) atoms. The molecule has 0 radical (unpaired) electrons. The zero-order chi connectivity index (χ0) is 16.3. The molecule has 0 saturated carbocycles. The number of aromatic nitrogens is 6. The predicted octanol–water partition coefficient (Wildman–Crippen LogP) is 2.27. The third-order valence-electron chi connectivity index (χ3n) is 4.36. The molecule has 5 rings (SSSR count). The fourth-order valence-corrected chi connectivity index (χ4v) is 4.01. The Labute approximate surface area is 139 Å². The molecule has 0 unspecified atom stereocenters. The second-order valence-corrected chi connectivity index (χ2v) is 6.54. The second kappa shape index (κ2) is 4.75. The van der Waals surface area contributed by atoms with Crippen molar-refractivity contribution in [3.8, 4) is 0 Å². The van der Waals surface area contributed by atoms with E-state index in [1.54, 1.807) is 17.9 Å². The molecule has 0 saturated heterocycles. The van der Waals surface area contributed by atoms with Crippen molar-refractivity contribution in [2.75, 3.05) is 0 Å². The quantitative estimate of drug-likeness (QED) is 0.536. The standard InChI is InChI=1S/C16H12N6OS/c1-21-13-11(14-15(21)17-8-24-14)6-19-22(16(13)23)7-9-3-2-4-12-10(9)5-18-20-12/h2-6,8H,7H2,1H3,(H,18,20). The van der Waals surface area contributed by atoms with Gasteiger partial charge in [-0.05, 0) is 11.6 Å². The normalized spacial score (nSPS) is 11.9. The van der Waals surface area contributed by atoms with Crippen LogP contribution in [0, 0.1) is 0 Å². The molecule has 0 bridgehead atoms. The van der Waals surface area contributed by atoms with Crippen LogP contribution in [-0.4, -0.2) is 29.5 Å². The van der Waals surface area contributed by atoms with E-state index in [-0.39, 0.29) is 5.56 Å². The highest BCUT2D eigenvalue weighted by atomic mass is 32.1. The van der Waals surface area contributed by atoms with Crippen LogP contribution in [-0.2, 0) is 13.6 Å². The van der Waals surface area contributed by atoms with Crippen molar-refractivity contribution in [3.63, 3.8) is 0 Å². The molecular formula is C16H12N6OS. The molecule has 1 aromatic carbocycles. The van der Waals surface area contributed by atoms with E-state index in [9.17, 15) is 4.79 Å². The van der Waals surface area contributed by atoms with Crippen LogP contribution in [0.4, 0.5) is 0 Å². The topological polar surface area (TPSA) is 81.4 Å². The number of thiazole rings is 1. The van der Waals surface area contributed by atoms with Crippen LogP contribution in [0.2, 0.25) is 0 Å². The summed E-state index contributed by atoms with van der Waals surface area (Å²) in [4.78, 5) is 17.3. The van der Waals surface area contributed by atoms with E-state index < -0.39 is 0 Å². The fraction of sp³-hybridized carbons (Fsp3) is 0.125. The van der Waals surface area contributed by atoms with Crippen molar-refractivity contribution >= 4 is 43.5 Å². The van der Waals surface area contributed by atoms with E-state index >= 15 is 0 Å². The van der Waals surface area contributed by atoms with Gasteiger partial charge in [0.2, 0.25) is 0 Å². The van der Waals surface area contributed by atoms with Gasteiger partial charge in [-0.2, -0.15) is 10.2 Å². The molecule has 0 aliphatic rings. The minimum absolute atomic E-state index is 0.110. The maximum Gasteiger partial charge on any atom is 0.291 e. The molecule has 4 heterocycles. The summed E-state index contributed by atoms with van der Waals surface area (Å²) in [5.41, 5.74) is 5.09. The Hall–Kier alpha value is -3.00. The molecule has 0 amide bonds. The van der Waals surface area contributed by atoms with Crippen molar-refractivity contribution in [2.45, 2.75) is 6.54 Å². The van der Waals surface area contributed by atoms with Gasteiger partial charge in [0.1, 0.15) is 5.52 Å². The molecule has 8 heteroatoms. The van der Waals surface area contributed by atoms with Crippen molar-refractivity contribution in [1.82, 2.24) is 29.5 Å². The largest absolute Gasteiger partial charge is 0.323 e. The molecule has 5 aromatic rings. The Morgan fingerprint density at radius 1 is 1.25 bits per heavy atom. The fourth-order valence-electron chi connectivity index (χ4n) is 3.18. The molecule has 4 aromatic heterocycles. The predicted molar refractivity (Wildman–Crippen MR) is 93.3 cm³/mol. The molecule has 0 atom stereocenters. The number of aromatic amines is 1. The van der Waals surface area contributed by atoms with Crippen LogP contribution in [0.15, 0.2) is 40.9 Å². The van der Waals surface area contributed by atoms with Gasteiger partial charge in [0.05, 0.1) is 34.7 Å². The first-order valence-corrected chi connectivity index (χ1v) is 8.30. The summed E-state index contributed by atoms with van der Waals surface area (Å²) in [5.74, 6) is 0. The molecule has 0 aliphatic carbocycles.